The molecule has 0 radical (unpaired) electrons. The van der Waals surface area contributed by atoms with Gasteiger partial charge >= 0.3 is 0 Å². The molecule has 0 fully saturated rings. The second-order valence-corrected chi connectivity index (χ2v) is 6.18. The van der Waals surface area contributed by atoms with E-state index in [9.17, 15) is 0 Å². The maximum atomic E-state index is 6.26. The van der Waals surface area contributed by atoms with E-state index in [1.807, 2.05) is 36.4 Å². The summed E-state index contributed by atoms with van der Waals surface area (Å²) in [5.41, 5.74) is 5.11. The minimum absolute atomic E-state index is 0.107. The number of nitrogens with one attached hydrogen (secondary N) is 1. The highest BCUT2D eigenvalue weighted by Crippen LogP contribution is 2.23. The maximum absolute atomic E-state index is 6.26. The topological polar surface area (TPSA) is 47.3 Å². The predicted molar refractivity (Wildman–Crippen MR) is 90.7 cm³/mol. The van der Waals surface area contributed by atoms with Crippen LogP contribution in [-0.4, -0.2) is 13.2 Å². The third-order valence-electron chi connectivity index (χ3n) is 3.33. The van der Waals surface area contributed by atoms with E-state index in [1.165, 1.54) is 5.56 Å². The minimum Gasteiger partial charge on any atom is -0.497 e. The molecule has 0 aliphatic heterocycles. The predicted octanol–water partition coefficient (Wildman–Crippen LogP) is 3.73. The fraction of sp³-hybridized carbons (Fsp3) is 0.250. The monoisotopic (exact) mass is 368 g/mol. The zero-order valence-corrected chi connectivity index (χ0v) is 14.1. The number of rotatable bonds is 6. The largest absolute Gasteiger partial charge is 0.497 e. The van der Waals surface area contributed by atoms with Crippen molar-refractivity contribution < 1.29 is 4.74 Å². The summed E-state index contributed by atoms with van der Waals surface area (Å²) in [5, 5.41) is 0.746. The summed E-state index contributed by atoms with van der Waals surface area (Å²) in [5.74, 6) is 6.54. The first-order valence-electron chi connectivity index (χ1n) is 6.65. The lowest BCUT2D eigenvalue weighted by Gasteiger charge is -2.17. The van der Waals surface area contributed by atoms with Gasteiger partial charge in [-0.1, -0.05) is 45.7 Å². The molecular formula is C16H18BrClN2O. The molecule has 0 amide bonds. The summed E-state index contributed by atoms with van der Waals surface area (Å²) in [6.45, 7) is 0. The van der Waals surface area contributed by atoms with Gasteiger partial charge in [-0.3, -0.25) is 11.3 Å². The summed E-state index contributed by atoms with van der Waals surface area (Å²) in [7, 11) is 1.67. The van der Waals surface area contributed by atoms with E-state index in [2.05, 4.69) is 27.4 Å². The molecule has 0 saturated heterocycles. The Morgan fingerprint density at radius 3 is 2.71 bits per heavy atom. The molecule has 0 heterocycles. The van der Waals surface area contributed by atoms with Crippen LogP contribution >= 0.6 is 27.5 Å². The van der Waals surface area contributed by atoms with Gasteiger partial charge in [-0.05, 0) is 48.2 Å². The van der Waals surface area contributed by atoms with Crippen molar-refractivity contribution in [2.75, 3.05) is 7.11 Å². The number of methoxy groups -OCH3 is 1. The van der Waals surface area contributed by atoms with Crippen LogP contribution in [0.15, 0.2) is 46.9 Å². The quantitative estimate of drug-likeness (QED) is 0.602. The number of halogens is 2. The average molecular weight is 370 g/mol. The van der Waals surface area contributed by atoms with Gasteiger partial charge in [0, 0.05) is 15.5 Å². The van der Waals surface area contributed by atoms with E-state index < -0.39 is 0 Å². The second kappa shape index (κ2) is 7.80. The van der Waals surface area contributed by atoms with Crippen LogP contribution in [0.25, 0.3) is 0 Å². The first kappa shape index (κ1) is 16.3. The van der Waals surface area contributed by atoms with E-state index in [1.54, 1.807) is 7.11 Å². The first-order valence-corrected chi connectivity index (χ1v) is 7.82. The van der Waals surface area contributed by atoms with Crippen molar-refractivity contribution in [2.45, 2.75) is 18.9 Å². The Bertz CT molecular complexity index is 607. The van der Waals surface area contributed by atoms with Crippen LogP contribution in [0.4, 0.5) is 0 Å². The van der Waals surface area contributed by atoms with Crippen molar-refractivity contribution in [1.82, 2.24) is 5.43 Å². The van der Waals surface area contributed by atoms with Gasteiger partial charge in [-0.15, -0.1) is 0 Å². The Morgan fingerprint density at radius 1 is 1.24 bits per heavy atom. The Labute approximate surface area is 138 Å². The van der Waals surface area contributed by atoms with Gasteiger partial charge < -0.3 is 4.74 Å². The van der Waals surface area contributed by atoms with Crippen LogP contribution in [0, 0.1) is 0 Å². The fourth-order valence-electron chi connectivity index (χ4n) is 2.23. The Balaban J connectivity index is 2.09. The van der Waals surface area contributed by atoms with Crippen molar-refractivity contribution in [3.05, 3.63) is 63.1 Å². The number of benzene rings is 2. The molecule has 1 atom stereocenters. The van der Waals surface area contributed by atoms with Gasteiger partial charge in [-0.2, -0.15) is 0 Å². The first-order chi connectivity index (χ1) is 10.1. The molecule has 5 heteroatoms. The number of hydrogen-bond acceptors (Lipinski definition) is 3. The molecule has 2 aromatic rings. The molecular weight excluding hydrogens is 352 g/mol. The number of nitrogens with two attached hydrogens (primary N) is 1. The third-order valence-corrected chi connectivity index (χ3v) is 4.18. The Kier molecular flexibility index (Phi) is 6.06. The molecule has 0 aliphatic rings. The van der Waals surface area contributed by atoms with E-state index in [0.29, 0.717) is 0 Å². The van der Waals surface area contributed by atoms with Crippen molar-refractivity contribution in [1.29, 1.82) is 0 Å². The van der Waals surface area contributed by atoms with Crippen LogP contribution in [0.2, 0.25) is 5.02 Å². The van der Waals surface area contributed by atoms with Crippen LogP contribution in [0.3, 0.4) is 0 Å². The van der Waals surface area contributed by atoms with E-state index >= 15 is 0 Å². The van der Waals surface area contributed by atoms with Gasteiger partial charge in [0.15, 0.2) is 0 Å². The summed E-state index contributed by atoms with van der Waals surface area (Å²) in [6.07, 6.45) is 1.57. The van der Waals surface area contributed by atoms with Crippen LogP contribution in [0.1, 0.15) is 11.1 Å². The minimum atomic E-state index is 0.107. The van der Waals surface area contributed by atoms with Gasteiger partial charge in [-0.25, -0.2) is 0 Å². The van der Waals surface area contributed by atoms with Gasteiger partial charge in [0.25, 0.3) is 0 Å². The molecule has 0 saturated carbocycles. The van der Waals surface area contributed by atoms with E-state index in [4.69, 9.17) is 22.2 Å². The zero-order valence-electron chi connectivity index (χ0n) is 11.8. The highest BCUT2D eigenvalue weighted by molar-refractivity contribution is 9.10. The summed E-state index contributed by atoms with van der Waals surface area (Å²) in [6, 6.07) is 14.0. The molecule has 112 valence electrons. The summed E-state index contributed by atoms with van der Waals surface area (Å²) < 4.78 is 6.22. The van der Waals surface area contributed by atoms with Crippen LogP contribution < -0.4 is 16.0 Å². The third kappa shape index (κ3) is 4.71. The van der Waals surface area contributed by atoms with E-state index in [0.717, 1.165) is 33.6 Å². The molecule has 2 rings (SSSR count). The lowest BCUT2D eigenvalue weighted by Crippen LogP contribution is -2.38. The van der Waals surface area contributed by atoms with Gasteiger partial charge in [0.1, 0.15) is 5.75 Å². The fourth-order valence-corrected chi connectivity index (χ4v) is 2.98. The molecule has 2 aromatic carbocycles. The molecule has 0 aliphatic carbocycles. The van der Waals surface area contributed by atoms with Crippen molar-refractivity contribution in [2.24, 2.45) is 5.84 Å². The number of hydrogen-bond donors (Lipinski definition) is 2. The highest BCUT2D eigenvalue weighted by atomic mass is 79.9. The lowest BCUT2D eigenvalue weighted by atomic mass is 9.99. The second-order valence-electron chi connectivity index (χ2n) is 4.86. The van der Waals surface area contributed by atoms with Gasteiger partial charge in [0.05, 0.1) is 7.11 Å². The van der Waals surface area contributed by atoms with Gasteiger partial charge in [0.2, 0.25) is 0 Å². The number of hydrazine groups is 1. The lowest BCUT2D eigenvalue weighted by molar-refractivity contribution is 0.413. The SMILES string of the molecule is COc1cccc(CC(Cc2ccc(Br)cc2Cl)NN)c1. The molecule has 21 heavy (non-hydrogen) atoms. The maximum Gasteiger partial charge on any atom is 0.119 e. The molecule has 3 nitrogen and oxygen atoms in total. The highest BCUT2D eigenvalue weighted by Gasteiger charge is 2.12. The van der Waals surface area contributed by atoms with Crippen LogP contribution in [-0.2, 0) is 12.8 Å². The Morgan fingerprint density at radius 2 is 2.05 bits per heavy atom. The standard InChI is InChI=1S/C16H18BrClN2O/c1-21-15-4-2-3-11(8-15)7-14(20-19)9-12-5-6-13(17)10-16(12)18/h2-6,8,10,14,20H,7,9,19H2,1H3. The van der Waals surface area contributed by atoms with Crippen molar-refractivity contribution >= 4 is 27.5 Å². The summed E-state index contributed by atoms with van der Waals surface area (Å²) >= 11 is 9.67. The van der Waals surface area contributed by atoms with Crippen molar-refractivity contribution in [3.63, 3.8) is 0 Å². The number of ether oxygens (including phenoxy) is 1. The zero-order chi connectivity index (χ0) is 15.2. The molecule has 0 bridgehead atoms. The van der Waals surface area contributed by atoms with Crippen molar-refractivity contribution in [3.8, 4) is 5.75 Å². The van der Waals surface area contributed by atoms with E-state index in [-0.39, 0.29) is 6.04 Å². The smallest absolute Gasteiger partial charge is 0.119 e. The molecule has 3 N–H and O–H groups in total. The average Bonchev–Trinajstić information content (AvgIpc) is 2.49. The normalized spacial score (nSPS) is 12.2. The molecule has 0 spiro atoms. The molecule has 0 aromatic heterocycles. The summed E-state index contributed by atoms with van der Waals surface area (Å²) in [4.78, 5) is 0. The Hall–Kier alpha value is -1.07. The molecule has 1 unspecified atom stereocenters. The van der Waals surface area contributed by atoms with Crippen LogP contribution in [0.5, 0.6) is 5.75 Å².